The number of rotatable bonds is 6. The van der Waals surface area contributed by atoms with Gasteiger partial charge in [0.05, 0.1) is 21.7 Å². The summed E-state index contributed by atoms with van der Waals surface area (Å²) < 4.78 is 50.5. The second-order valence-corrected chi connectivity index (χ2v) is 11.0. The van der Waals surface area contributed by atoms with E-state index in [1.165, 1.54) is 31.2 Å². The van der Waals surface area contributed by atoms with Crippen LogP contribution in [0.2, 0.25) is 0 Å². The number of carbonyl (C=O) groups is 1. The Morgan fingerprint density at radius 1 is 1.11 bits per heavy atom. The van der Waals surface area contributed by atoms with Crippen LogP contribution in [0.3, 0.4) is 0 Å². The minimum atomic E-state index is -3.88. The third kappa shape index (κ3) is 4.75. The molecule has 150 valence electrons. The van der Waals surface area contributed by atoms with E-state index in [2.05, 4.69) is 15.6 Å². The predicted octanol–water partition coefficient (Wildman–Crippen LogP) is 0.769. The maximum atomic E-state index is 13.1. The minimum absolute atomic E-state index is 0.0272. The summed E-state index contributed by atoms with van der Waals surface area (Å²) in [6.07, 6.45) is 3.24. The molecule has 0 spiro atoms. The van der Waals surface area contributed by atoms with Crippen molar-refractivity contribution in [1.29, 1.82) is 0 Å². The van der Waals surface area contributed by atoms with Gasteiger partial charge in [-0.25, -0.2) is 16.8 Å². The molecule has 1 aliphatic rings. The largest absolute Gasteiger partial charge is 0.326 e. The number of aromatic nitrogens is 1. The van der Waals surface area contributed by atoms with E-state index in [9.17, 15) is 21.6 Å². The molecule has 2 N–H and O–H groups in total. The third-order valence-corrected chi connectivity index (χ3v) is 8.69. The zero-order valence-electron chi connectivity index (χ0n) is 15.2. The summed E-state index contributed by atoms with van der Waals surface area (Å²) >= 11 is 0. The fourth-order valence-electron chi connectivity index (χ4n) is 3.17. The second-order valence-electron chi connectivity index (χ2n) is 6.71. The van der Waals surface area contributed by atoms with E-state index in [4.69, 9.17) is 0 Å². The summed E-state index contributed by atoms with van der Waals surface area (Å²) in [7, 11) is -7.35. The van der Waals surface area contributed by atoms with Crippen LogP contribution >= 0.6 is 0 Å². The summed E-state index contributed by atoms with van der Waals surface area (Å²) in [4.78, 5) is 15.0. The molecule has 0 aliphatic carbocycles. The Morgan fingerprint density at radius 2 is 1.75 bits per heavy atom. The quantitative estimate of drug-likeness (QED) is 0.703. The monoisotopic (exact) mass is 423 g/mol. The maximum absolute atomic E-state index is 13.1. The van der Waals surface area contributed by atoms with Crippen LogP contribution < -0.4 is 10.6 Å². The van der Waals surface area contributed by atoms with Crippen LogP contribution in [0.15, 0.2) is 53.7 Å². The number of carbonyl (C=O) groups excluding carboxylic acids is 1. The standard InChI is InChI=1S/C18H21N3O5S2/c1-13(22)21-15-2-4-16(5-3-15)28(25,26)18-12-27(23,24)11-17(18)20-10-14-6-8-19-9-7-14/h2-9,17-18,20H,10-12H2,1H3,(H,21,22)/t17-,18-/m0/s1. The first-order valence-corrected chi connectivity index (χ1v) is 12.0. The molecule has 2 atom stereocenters. The van der Waals surface area contributed by atoms with Gasteiger partial charge in [0.25, 0.3) is 0 Å². The Hall–Kier alpha value is -2.30. The first-order chi connectivity index (χ1) is 13.2. The highest BCUT2D eigenvalue weighted by atomic mass is 32.2. The molecule has 0 saturated carbocycles. The molecule has 2 aromatic rings. The van der Waals surface area contributed by atoms with Gasteiger partial charge in [0.2, 0.25) is 5.91 Å². The molecule has 1 aromatic carbocycles. The normalized spacial score (nSPS) is 21.3. The Balaban J connectivity index is 1.82. The van der Waals surface area contributed by atoms with Crippen molar-refractivity contribution in [2.75, 3.05) is 16.8 Å². The predicted molar refractivity (Wildman–Crippen MR) is 105 cm³/mol. The van der Waals surface area contributed by atoms with Crippen LogP contribution in [0.5, 0.6) is 0 Å². The van der Waals surface area contributed by atoms with Gasteiger partial charge in [0.15, 0.2) is 19.7 Å². The highest BCUT2D eigenvalue weighted by Gasteiger charge is 2.45. The molecular weight excluding hydrogens is 402 g/mol. The van der Waals surface area contributed by atoms with Gasteiger partial charge >= 0.3 is 0 Å². The van der Waals surface area contributed by atoms with Crippen LogP contribution in [0.4, 0.5) is 5.69 Å². The van der Waals surface area contributed by atoms with Crippen molar-refractivity contribution in [3.63, 3.8) is 0 Å². The zero-order valence-corrected chi connectivity index (χ0v) is 16.8. The van der Waals surface area contributed by atoms with Gasteiger partial charge in [0, 0.05) is 37.6 Å². The lowest BCUT2D eigenvalue weighted by molar-refractivity contribution is -0.114. The highest BCUT2D eigenvalue weighted by Crippen LogP contribution is 2.27. The smallest absolute Gasteiger partial charge is 0.221 e. The van der Waals surface area contributed by atoms with Crippen molar-refractivity contribution in [1.82, 2.24) is 10.3 Å². The van der Waals surface area contributed by atoms with Crippen molar-refractivity contribution in [2.24, 2.45) is 0 Å². The van der Waals surface area contributed by atoms with E-state index < -0.39 is 36.7 Å². The molecule has 1 fully saturated rings. The first kappa shape index (κ1) is 20.4. The van der Waals surface area contributed by atoms with E-state index in [0.717, 1.165) is 5.56 Å². The van der Waals surface area contributed by atoms with Crippen molar-refractivity contribution >= 4 is 31.3 Å². The Labute approximate surface area is 164 Å². The van der Waals surface area contributed by atoms with E-state index >= 15 is 0 Å². The summed E-state index contributed by atoms with van der Waals surface area (Å²) in [6, 6.07) is 8.57. The highest BCUT2D eigenvalue weighted by molar-refractivity contribution is 7.96. The van der Waals surface area contributed by atoms with Crippen molar-refractivity contribution < 1.29 is 21.6 Å². The summed E-state index contributed by atoms with van der Waals surface area (Å²) in [5, 5.41) is 4.56. The SMILES string of the molecule is CC(=O)Nc1ccc(S(=O)(=O)[C@H]2CS(=O)(=O)C[C@@H]2NCc2ccncc2)cc1. The van der Waals surface area contributed by atoms with E-state index in [1.807, 2.05) is 0 Å². The molecule has 0 bridgehead atoms. The number of amides is 1. The Kier molecular flexibility index (Phi) is 5.82. The van der Waals surface area contributed by atoms with Crippen LogP contribution in [0.25, 0.3) is 0 Å². The van der Waals surface area contributed by atoms with Crippen LogP contribution in [0, 0.1) is 0 Å². The van der Waals surface area contributed by atoms with E-state index in [1.54, 1.807) is 24.5 Å². The summed E-state index contributed by atoms with van der Waals surface area (Å²) in [5.41, 5.74) is 1.35. The lowest BCUT2D eigenvalue weighted by Gasteiger charge is -2.20. The van der Waals surface area contributed by atoms with Gasteiger partial charge in [-0.1, -0.05) is 0 Å². The zero-order chi connectivity index (χ0) is 20.4. The maximum Gasteiger partial charge on any atom is 0.221 e. The average molecular weight is 424 g/mol. The van der Waals surface area contributed by atoms with Crippen LogP contribution in [-0.4, -0.2) is 50.5 Å². The minimum Gasteiger partial charge on any atom is -0.326 e. The number of benzene rings is 1. The van der Waals surface area contributed by atoms with Gasteiger partial charge < -0.3 is 10.6 Å². The van der Waals surface area contributed by atoms with Gasteiger partial charge in [-0.2, -0.15) is 0 Å². The molecule has 1 aliphatic heterocycles. The second kappa shape index (κ2) is 7.98. The molecular formula is C18H21N3O5S2. The number of nitrogens with zero attached hydrogens (tertiary/aromatic N) is 1. The van der Waals surface area contributed by atoms with Gasteiger partial charge in [-0.3, -0.25) is 9.78 Å². The number of hydrogen-bond acceptors (Lipinski definition) is 7. The molecule has 0 radical (unpaired) electrons. The van der Waals surface area contributed by atoms with E-state index in [0.29, 0.717) is 12.2 Å². The van der Waals surface area contributed by atoms with Gasteiger partial charge in [-0.15, -0.1) is 0 Å². The van der Waals surface area contributed by atoms with E-state index in [-0.39, 0.29) is 16.6 Å². The van der Waals surface area contributed by atoms with Crippen molar-refractivity contribution in [3.8, 4) is 0 Å². The molecule has 10 heteroatoms. The average Bonchev–Trinajstić information content (AvgIpc) is 2.96. The lowest BCUT2D eigenvalue weighted by Crippen LogP contribution is -2.43. The van der Waals surface area contributed by atoms with Crippen LogP contribution in [-0.2, 0) is 31.0 Å². The molecule has 1 aromatic heterocycles. The molecule has 1 saturated heterocycles. The van der Waals surface area contributed by atoms with Crippen LogP contribution in [0.1, 0.15) is 12.5 Å². The van der Waals surface area contributed by atoms with Gasteiger partial charge in [0.1, 0.15) is 0 Å². The molecule has 3 rings (SSSR count). The van der Waals surface area contributed by atoms with Gasteiger partial charge in [-0.05, 0) is 42.0 Å². The topological polar surface area (TPSA) is 122 Å². The fourth-order valence-corrected chi connectivity index (χ4v) is 7.88. The molecule has 8 nitrogen and oxygen atoms in total. The Morgan fingerprint density at radius 3 is 2.36 bits per heavy atom. The molecule has 2 heterocycles. The van der Waals surface area contributed by atoms with Crippen molar-refractivity contribution in [2.45, 2.75) is 29.7 Å². The fraction of sp³-hybridized carbons (Fsp3) is 0.333. The number of nitrogens with one attached hydrogen (secondary N) is 2. The number of pyridine rings is 1. The number of hydrogen-bond donors (Lipinski definition) is 2. The lowest BCUT2D eigenvalue weighted by atomic mass is 10.2. The van der Waals surface area contributed by atoms with Crippen molar-refractivity contribution in [3.05, 3.63) is 54.4 Å². The molecule has 1 amide bonds. The summed E-state index contributed by atoms with van der Waals surface area (Å²) in [5.74, 6) is -0.916. The third-order valence-electron chi connectivity index (χ3n) is 4.52. The first-order valence-electron chi connectivity index (χ1n) is 8.62. The Bertz CT molecular complexity index is 1050. The summed E-state index contributed by atoms with van der Waals surface area (Å²) in [6.45, 7) is 1.70. The molecule has 0 unspecified atom stereocenters. The number of anilines is 1. The number of sulfone groups is 2. The molecule has 28 heavy (non-hydrogen) atoms.